The molecule has 1 aliphatic heterocycles. The summed E-state index contributed by atoms with van der Waals surface area (Å²) in [6.45, 7) is 6.47. The monoisotopic (exact) mass is 305 g/mol. The number of hydrogen-bond donors (Lipinski definition) is 2. The maximum atomic E-state index is 12.2. The molecule has 2 aromatic rings. The number of benzene rings is 1. The Morgan fingerprint density at radius 1 is 1.38 bits per heavy atom. The van der Waals surface area contributed by atoms with E-state index in [1.165, 1.54) is 0 Å². The zero-order valence-electron chi connectivity index (χ0n) is 12.2. The molecular weight excluding hydrogens is 286 g/mol. The smallest absolute Gasteiger partial charge is 0.238 e. The number of carbonyl (C=O) groups excluding carboxylic acids is 1. The van der Waals surface area contributed by atoms with Gasteiger partial charge in [0.25, 0.3) is 0 Å². The Hall–Kier alpha value is -1.57. The highest BCUT2D eigenvalue weighted by Gasteiger charge is 2.22. The maximum absolute atomic E-state index is 12.2. The van der Waals surface area contributed by atoms with Crippen molar-refractivity contribution in [3.63, 3.8) is 0 Å². The number of hydrogen-bond acceptors (Lipinski definition) is 6. The van der Waals surface area contributed by atoms with E-state index in [1.807, 2.05) is 18.2 Å². The molecule has 1 aromatic carbocycles. The van der Waals surface area contributed by atoms with E-state index in [-0.39, 0.29) is 5.91 Å². The van der Waals surface area contributed by atoms with Gasteiger partial charge in [0.15, 0.2) is 0 Å². The normalized spacial score (nSPS) is 23.3. The summed E-state index contributed by atoms with van der Waals surface area (Å²) in [6.07, 6.45) is 0. The van der Waals surface area contributed by atoms with E-state index in [4.69, 9.17) is 0 Å². The fraction of sp³-hybridized carbons (Fsp3) is 0.500. The summed E-state index contributed by atoms with van der Waals surface area (Å²) in [7, 11) is 0. The van der Waals surface area contributed by atoms with Crippen LogP contribution in [0.25, 0.3) is 11.0 Å². The van der Waals surface area contributed by atoms with Crippen molar-refractivity contribution in [2.75, 3.05) is 25.0 Å². The molecule has 6 nitrogen and oxygen atoms in total. The zero-order chi connectivity index (χ0) is 14.8. The topological polar surface area (TPSA) is 70.2 Å². The van der Waals surface area contributed by atoms with Gasteiger partial charge in [-0.1, -0.05) is 6.07 Å². The van der Waals surface area contributed by atoms with Crippen molar-refractivity contribution in [3.05, 3.63) is 18.2 Å². The molecule has 3 rings (SSSR count). The Morgan fingerprint density at radius 3 is 2.90 bits per heavy atom. The van der Waals surface area contributed by atoms with E-state index in [9.17, 15) is 4.79 Å². The van der Waals surface area contributed by atoms with E-state index in [1.54, 1.807) is 0 Å². The van der Waals surface area contributed by atoms with Crippen LogP contribution in [-0.4, -0.2) is 51.3 Å². The van der Waals surface area contributed by atoms with Gasteiger partial charge >= 0.3 is 0 Å². The van der Waals surface area contributed by atoms with Gasteiger partial charge in [-0.05, 0) is 26.0 Å². The molecule has 2 heterocycles. The van der Waals surface area contributed by atoms with E-state index in [2.05, 4.69) is 38.1 Å². The summed E-state index contributed by atoms with van der Waals surface area (Å²) in [5.41, 5.74) is 2.32. The molecule has 1 aromatic heterocycles. The lowest BCUT2D eigenvalue weighted by molar-refractivity contribution is -0.117. The molecule has 7 heteroatoms. The number of aromatic nitrogens is 2. The molecule has 1 saturated heterocycles. The minimum atomic E-state index is -0.00296. The van der Waals surface area contributed by atoms with Crippen LogP contribution in [0, 0.1) is 0 Å². The number of rotatable bonds is 3. The average Bonchev–Trinajstić information content (AvgIpc) is 2.86. The number of nitrogens with zero attached hydrogens (tertiary/aromatic N) is 3. The van der Waals surface area contributed by atoms with Crippen molar-refractivity contribution >= 4 is 34.4 Å². The second-order valence-corrected chi connectivity index (χ2v) is 6.18. The number of amides is 1. The number of piperazine rings is 1. The zero-order valence-corrected chi connectivity index (χ0v) is 13.0. The highest BCUT2D eigenvalue weighted by molar-refractivity contribution is 7.00. The number of nitrogens with one attached hydrogen (secondary N) is 2. The van der Waals surface area contributed by atoms with E-state index in [0.717, 1.165) is 41.5 Å². The van der Waals surface area contributed by atoms with Gasteiger partial charge in [0.05, 0.1) is 24.0 Å². The van der Waals surface area contributed by atoms with E-state index in [0.29, 0.717) is 18.6 Å². The van der Waals surface area contributed by atoms with E-state index < -0.39 is 0 Å². The average molecular weight is 305 g/mol. The van der Waals surface area contributed by atoms with Crippen LogP contribution in [0.3, 0.4) is 0 Å². The van der Waals surface area contributed by atoms with Crippen molar-refractivity contribution in [1.82, 2.24) is 19.0 Å². The fourth-order valence-electron chi connectivity index (χ4n) is 2.87. The SMILES string of the molecule is CC1CN(CC(=O)Nc2cccc3nsnc23)CC(C)N1. The number of carbonyl (C=O) groups is 1. The second-order valence-electron chi connectivity index (χ2n) is 5.65. The molecule has 1 aliphatic rings. The molecule has 2 unspecified atom stereocenters. The predicted molar refractivity (Wildman–Crippen MR) is 84.5 cm³/mol. The molecule has 2 N–H and O–H groups in total. The van der Waals surface area contributed by atoms with Crippen LogP contribution in [0.1, 0.15) is 13.8 Å². The van der Waals surface area contributed by atoms with Gasteiger partial charge in [-0.3, -0.25) is 9.69 Å². The third kappa shape index (κ3) is 3.37. The Balaban J connectivity index is 1.65. The van der Waals surface area contributed by atoms with Crippen LogP contribution < -0.4 is 10.6 Å². The van der Waals surface area contributed by atoms with Crippen molar-refractivity contribution in [2.45, 2.75) is 25.9 Å². The Labute approximate surface area is 127 Å². The molecule has 112 valence electrons. The first-order chi connectivity index (χ1) is 10.1. The number of fused-ring (bicyclic) bond motifs is 1. The highest BCUT2D eigenvalue weighted by Crippen LogP contribution is 2.21. The second kappa shape index (κ2) is 6.05. The summed E-state index contributed by atoms with van der Waals surface area (Å²) in [4.78, 5) is 14.4. The standard InChI is InChI=1S/C14H19N5OS/c1-9-6-19(7-10(2)15-9)8-13(20)16-11-4-3-5-12-14(11)18-21-17-12/h3-5,9-10,15H,6-8H2,1-2H3,(H,16,20). The molecule has 1 fully saturated rings. The van der Waals surface area contributed by atoms with Crippen molar-refractivity contribution in [2.24, 2.45) is 0 Å². The summed E-state index contributed by atoms with van der Waals surface area (Å²) < 4.78 is 8.42. The Bertz CT molecular complexity index is 633. The van der Waals surface area contributed by atoms with Crippen molar-refractivity contribution in [1.29, 1.82) is 0 Å². The van der Waals surface area contributed by atoms with Crippen LogP contribution in [0.15, 0.2) is 18.2 Å². The fourth-order valence-corrected chi connectivity index (χ4v) is 3.42. The predicted octanol–water partition coefficient (Wildman–Crippen LogP) is 1.31. The first-order valence-electron chi connectivity index (χ1n) is 7.11. The largest absolute Gasteiger partial charge is 0.323 e. The van der Waals surface area contributed by atoms with Gasteiger partial charge in [0.1, 0.15) is 11.0 Å². The lowest BCUT2D eigenvalue weighted by Crippen LogP contribution is -2.55. The van der Waals surface area contributed by atoms with Crippen molar-refractivity contribution < 1.29 is 4.79 Å². The quantitative estimate of drug-likeness (QED) is 0.895. The van der Waals surface area contributed by atoms with Gasteiger partial charge in [-0.2, -0.15) is 8.75 Å². The number of anilines is 1. The highest BCUT2D eigenvalue weighted by atomic mass is 32.1. The van der Waals surface area contributed by atoms with Crippen LogP contribution in [0.2, 0.25) is 0 Å². The van der Waals surface area contributed by atoms with Gasteiger partial charge in [-0.15, -0.1) is 0 Å². The Morgan fingerprint density at radius 2 is 2.14 bits per heavy atom. The van der Waals surface area contributed by atoms with Crippen molar-refractivity contribution in [3.8, 4) is 0 Å². The summed E-state index contributed by atoms with van der Waals surface area (Å²) in [5.74, 6) is -0.00296. The van der Waals surface area contributed by atoms with Crippen LogP contribution >= 0.6 is 11.7 Å². The third-order valence-electron chi connectivity index (χ3n) is 3.56. The van der Waals surface area contributed by atoms with Crippen LogP contribution in [0.5, 0.6) is 0 Å². The van der Waals surface area contributed by atoms with Crippen LogP contribution in [-0.2, 0) is 4.79 Å². The minimum absolute atomic E-state index is 0.00296. The molecule has 0 aliphatic carbocycles. The van der Waals surface area contributed by atoms with E-state index >= 15 is 0 Å². The lowest BCUT2D eigenvalue weighted by Gasteiger charge is -2.35. The van der Waals surface area contributed by atoms with Gasteiger partial charge in [0.2, 0.25) is 5.91 Å². The molecule has 0 radical (unpaired) electrons. The maximum Gasteiger partial charge on any atom is 0.238 e. The molecule has 1 amide bonds. The summed E-state index contributed by atoms with van der Waals surface area (Å²) >= 11 is 1.16. The molecule has 0 bridgehead atoms. The van der Waals surface area contributed by atoms with Gasteiger partial charge in [0, 0.05) is 25.2 Å². The van der Waals surface area contributed by atoms with Gasteiger partial charge in [-0.25, -0.2) is 0 Å². The molecule has 0 spiro atoms. The first-order valence-corrected chi connectivity index (χ1v) is 7.84. The molecular formula is C14H19N5OS. The first kappa shape index (κ1) is 14.4. The van der Waals surface area contributed by atoms with Gasteiger partial charge < -0.3 is 10.6 Å². The Kier molecular flexibility index (Phi) is 4.14. The summed E-state index contributed by atoms with van der Waals surface area (Å²) in [6, 6.07) is 6.47. The van der Waals surface area contributed by atoms with Crippen LogP contribution in [0.4, 0.5) is 5.69 Å². The molecule has 0 saturated carbocycles. The summed E-state index contributed by atoms with van der Waals surface area (Å²) in [5, 5.41) is 6.41. The minimum Gasteiger partial charge on any atom is -0.323 e. The third-order valence-corrected chi connectivity index (χ3v) is 4.10. The lowest BCUT2D eigenvalue weighted by atomic mass is 10.1. The molecule has 2 atom stereocenters. The molecule has 21 heavy (non-hydrogen) atoms.